The lowest BCUT2D eigenvalue weighted by atomic mass is 10.1. The van der Waals surface area contributed by atoms with Crippen molar-refractivity contribution in [3.63, 3.8) is 0 Å². The molecule has 0 aliphatic carbocycles. The van der Waals surface area contributed by atoms with E-state index in [0.717, 1.165) is 11.1 Å². The van der Waals surface area contributed by atoms with Gasteiger partial charge in [-0.3, -0.25) is 4.79 Å². The van der Waals surface area contributed by atoms with Crippen molar-refractivity contribution in [2.75, 3.05) is 21.0 Å². The fraction of sp³-hybridized carbons (Fsp3) is 0.238. The summed E-state index contributed by atoms with van der Waals surface area (Å²) >= 11 is 0. The molecule has 0 atom stereocenters. The van der Waals surface area contributed by atoms with E-state index >= 15 is 0 Å². The van der Waals surface area contributed by atoms with E-state index in [-0.39, 0.29) is 19.1 Å². The van der Waals surface area contributed by atoms with E-state index in [2.05, 4.69) is 10.5 Å². The standard InChI is InChI=1S/C21H20N2O6/c1-25-16-6-4-14(8-19(16)26-2)18-9-15(23-29-18)10-21(24)22-11-13-3-5-17-20(7-13)28-12-27-17/h3-9H,10-12H2,1-2H3,(H,22,24). The summed E-state index contributed by atoms with van der Waals surface area (Å²) in [7, 11) is 3.14. The van der Waals surface area contributed by atoms with Crippen LogP contribution >= 0.6 is 0 Å². The molecule has 1 aliphatic rings. The van der Waals surface area contributed by atoms with Gasteiger partial charge in [0.2, 0.25) is 12.7 Å². The number of benzene rings is 2. The third-order valence-electron chi connectivity index (χ3n) is 4.50. The summed E-state index contributed by atoms with van der Waals surface area (Å²) in [5, 5.41) is 6.86. The summed E-state index contributed by atoms with van der Waals surface area (Å²) < 4.78 is 26.5. The van der Waals surface area contributed by atoms with Crippen LogP contribution in [0.1, 0.15) is 11.3 Å². The smallest absolute Gasteiger partial charge is 0.231 e. The van der Waals surface area contributed by atoms with Gasteiger partial charge in [-0.15, -0.1) is 0 Å². The number of nitrogens with one attached hydrogen (secondary N) is 1. The van der Waals surface area contributed by atoms with Crippen LogP contribution in [0.3, 0.4) is 0 Å². The maximum atomic E-state index is 12.3. The monoisotopic (exact) mass is 396 g/mol. The van der Waals surface area contributed by atoms with Gasteiger partial charge in [0.05, 0.1) is 26.3 Å². The van der Waals surface area contributed by atoms with Crippen LogP contribution in [0.5, 0.6) is 23.0 Å². The molecule has 2 heterocycles. The summed E-state index contributed by atoms with van der Waals surface area (Å²) in [4.78, 5) is 12.3. The number of amides is 1. The van der Waals surface area contributed by atoms with E-state index in [9.17, 15) is 4.79 Å². The minimum Gasteiger partial charge on any atom is -0.493 e. The Morgan fingerprint density at radius 2 is 1.86 bits per heavy atom. The van der Waals surface area contributed by atoms with Crippen molar-refractivity contribution in [1.29, 1.82) is 0 Å². The Kier molecular flexibility index (Phi) is 5.24. The number of ether oxygens (including phenoxy) is 4. The van der Waals surface area contributed by atoms with Crippen LogP contribution in [0.25, 0.3) is 11.3 Å². The van der Waals surface area contributed by atoms with Crippen molar-refractivity contribution in [3.8, 4) is 34.3 Å². The van der Waals surface area contributed by atoms with Gasteiger partial charge in [0, 0.05) is 18.2 Å². The molecule has 4 rings (SSSR count). The van der Waals surface area contributed by atoms with Gasteiger partial charge >= 0.3 is 0 Å². The van der Waals surface area contributed by atoms with Crippen molar-refractivity contribution >= 4 is 5.91 Å². The molecule has 0 fully saturated rings. The second-order valence-corrected chi connectivity index (χ2v) is 6.39. The molecule has 0 bridgehead atoms. The van der Waals surface area contributed by atoms with E-state index < -0.39 is 0 Å². The highest BCUT2D eigenvalue weighted by Crippen LogP contribution is 2.33. The highest BCUT2D eigenvalue weighted by molar-refractivity contribution is 5.78. The van der Waals surface area contributed by atoms with Crippen molar-refractivity contribution in [3.05, 3.63) is 53.7 Å². The highest BCUT2D eigenvalue weighted by Gasteiger charge is 2.15. The van der Waals surface area contributed by atoms with Crippen LogP contribution in [0, 0.1) is 0 Å². The molecule has 0 spiro atoms. The summed E-state index contributed by atoms with van der Waals surface area (Å²) in [6.45, 7) is 0.607. The first-order valence-electron chi connectivity index (χ1n) is 8.99. The first-order valence-corrected chi connectivity index (χ1v) is 8.99. The Labute approximate surface area is 167 Å². The minimum atomic E-state index is -0.158. The molecule has 0 unspecified atom stereocenters. The van der Waals surface area contributed by atoms with Gasteiger partial charge in [-0.1, -0.05) is 11.2 Å². The molecule has 3 aromatic rings. The minimum absolute atomic E-state index is 0.112. The molecule has 1 aromatic heterocycles. The highest BCUT2D eigenvalue weighted by atomic mass is 16.7. The Hall–Kier alpha value is -3.68. The number of rotatable bonds is 7. The van der Waals surface area contributed by atoms with Crippen LogP contribution in [0.2, 0.25) is 0 Å². The predicted octanol–water partition coefficient (Wildman–Crippen LogP) is 2.95. The van der Waals surface area contributed by atoms with Gasteiger partial charge in [0.15, 0.2) is 28.8 Å². The summed E-state index contributed by atoms with van der Waals surface area (Å²) in [6, 6.07) is 12.7. The fourth-order valence-electron chi connectivity index (χ4n) is 3.00. The van der Waals surface area contributed by atoms with Gasteiger partial charge in [-0.05, 0) is 35.9 Å². The molecule has 1 aliphatic heterocycles. The number of fused-ring (bicyclic) bond motifs is 1. The normalized spacial score (nSPS) is 11.9. The average Bonchev–Trinajstić information content (AvgIpc) is 3.40. The molecule has 8 nitrogen and oxygen atoms in total. The van der Waals surface area contributed by atoms with Gasteiger partial charge < -0.3 is 28.8 Å². The van der Waals surface area contributed by atoms with Gasteiger partial charge in [0.25, 0.3) is 0 Å². The Morgan fingerprint density at radius 1 is 1.03 bits per heavy atom. The molecule has 8 heteroatoms. The number of methoxy groups -OCH3 is 2. The molecule has 1 N–H and O–H groups in total. The van der Waals surface area contributed by atoms with E-state index in [1.807, 2.05) is 24.3 Å². The molecule has 1 amide bonds. The van der Waals surface area contributed by atoms with Crippen molar-refractivity contribution in [2.45, 2.75) is 13.0 Å². The first-order chi connectivity index (χ1) is 14.2. The third-order valence-corrected chi connectivity index (χ3v) is 4.50. The zero-order chi connectivity index (χ0) is 20.2. The topological polar surface area (TPSA) is 92.1 Å². The molecular weight excluding hydrogens is 376 g/mol. The van der Waals surface area contributed by atoms with E-state index in [1.165, 1.54) is 0 Å². The van der Waals surface area contributed by atoms with Crippen LogP contribution in [0.15, 0.2) is 47.0 Å². The van der Waals surface area contributed by atoms with Crippen molar-refractivity contribution < 1.29 is 28.3 Å². The molecule has 0 saturated carbocycles. The lowest BCUT2D eigenvalue weighted by molar-refractivity contribution is -0.120. The fourth-order valence-corrected chi connectivity index (χ4v) is 3.00. The number of carbonyl (C=O) groups excluding carboxylic acids is 1. The maximum Gasteiger partial charge on any atom is 0.231 e. The Morgan fingerprint density at radius 3 is 2.69 bits per heavy atom. The number of hydrogen-bond donors (Lipinski definition) is 1. The van der Waals surface area contributed by atoms with E-state index in [0.29, 0.717) is 41.0 Å². The lowest BCUT2D eigenvalue weighted by Crippen LogP contribution is -2.24. The summed E-state index contributed by atoms with van der Waals surface area (Å²) in [5.41, 5.74) is 2.24. The second-order valence-electron chi connectivity index (χ2n) is 6.39. The van der Waals surface area contributed by atoms with Crippen molar-refractivity contribution in [2.24, 2.45) is 0 Å². The summed E-state index contributed by atoms with van der Waals surface area (Å²) in [6.07, 6.45) is 0.112. The molecular formula is C21H20N2O6. The second kappa shape index (κ2) is 8.14. The van der Waals surface area contributed by atoms with E-state index in [1.54, 1.807) is 32.4 Å². The maximum absolute atomic E-state index is 12.3. The number of aromatic nitrogens is 1. The van der Waals surface area contributed by atoms with Crippen LogP contribution in [0.4, 0.5) is 0 Å². The van der Waals surface area contributed by atoms with Gasteiger partial charge in [-0.25, -0.2) is 0 Å². The zero-order valence-electron chi connectivity index (χ0n) is 16.1. The quantitative estimate of drug-likeness (QED) is 0.656. The number of nitrogens with zero attached hydrogens (tertiary/aromatic N) is 1. The largest absolute Gasteiger partial charge is 0.493 e. The Bertz CT molecular complexity index is 1030. The number of hydrogen-bond acceptors (Lipinski definition) is 7. The summed E-state index contributed by atoms with van der Waals surface area (Å²) in [5.74, 6) is 3.00. The van der Waals surface area contributed by atoms with Crippen LogP contribution in [-0.2, 0) is 17.8 Å². The molecule has 29 heavy (non-hydrogen) atoms. The first kappa shape index (κ1) is 18.7. The molecule has 0 radical (unpaired) electrons. The average molecular weight is 396 g/mol. The Balaban J connectivity index is 1.37. The lowest BCUT2D eigenvalue weighted by Gasteiger charge is -2.07. The zero-order valence-corrected chi connectivity index (χ0v) is 16.1. The SMILES string of the molecule is COc1ccc(-c2cc(CC(=O)NCc3ccc4c(c3)OCO4)no2)cc1OC. The predicted molar refractivity (Wildman–Crippen MR) is 103 cm³/mol. The van der Waals surface area contributed by atoms with Crippen LogP contribution in [-0.4, -0.2) is 32.1 Å². The molecule has 0 saturated heterocycles. The van der Waals surface area contributed by atoms with Crippen molar-refractivity contribution in [1.82, 2.24) is 10.5 Å². The van der Waals surface area contributed by atoms with Crippen LogP contribution < -0.4 is 24.3 Å². The van der Waals surface area contributed by atoms with Gasteiger partial charge in [0.1, 0.15) is 0 Å². The molecule has 2 aromatic carbocycles. The van der Waals surface area contributed by atoms with Gasteiger partial charge in [-0.2, -0.15) is 0 Å². The molecule has 150 valence electrons. The van der Waals surface area contributed by atoms with E-state index in [4.69, 9.17) is 23.5 Å². The number of carbonyl (C=O) groups is 1. The third kappa shape index (κ3) is 4.11.